The van der Waals surface area contributed by atoms with Crippen LogP contribution in [0.3, 0.4) is 0 Å². The Morgan fingerprint density at radius 1 is 1.32 bits per heavy atom. The number of aromatic nitrogens is 3. The van der Waals surface area contributed by atoms with E-state index in [0.717, 1.165) is 38.2 Å². The molecule has 1 amide bonds. The first kappa shape index (κ1) is 23.3. The highest BCUT2D eigenvalue weighted by Gasteiger charge is 2.38. The summed E-state index contributed by atoms with van der Waals surface area (Å²) in [7, 11) is 0. The van der Waals surface area contributed by atoms with Crippen LogP contribution in [0.15, 0.2) is 24.3 Å². The van der Waals surface area contributed by atoms with Crippen LogP contribution in [0.25, 0.3) is 5.00 Å². The molecule has 34 heavy (non-hydrogen) atoms. The van der Waals surface area contributed by atoms with Gasteiger partial charge in [0, 0.05) is 27.9 Å². The van der Waals surface area contributed by atoms with Gasteiger partial charge in [0.05, 0.1) is 19.2 Å². The van der Waals surface area contributed by atoms with E-state index in [2.05, 4.69) is 25.6 Å². The second-order valence-electron chi connectivity index (χ2n) is 8.25. The minimum absolute atomic E-state index is 0.201. The number of carbonyl (C=O) groups is 1. The van der Waals surface area contributed by atoms with Crippen LogP contribution in [0.4, 0.5) is 13.2 Å². The molecule has 3 heterocycles. The lowest BCUT2D eigenvalue weighted by Gasteiger charge is -2.20. The Balaban J connectivity index is 1.44. The van der Waals surface area contributed by atoms with E-state index in [1.54, 1.807) is 11.3 Å². The molecule has 180 valence electrons. The molecule has 2 aliphatic rings. The fourth-order valence-electron chi connectivity index (χ4n) is 4.63. The van der Waals surface area contributed by atoms with Crippen LogP contribution in [0.2, 0.25) is 5.02 Å². The summed E-state index contributed by atoms with van der Waals surface area (Å²) in [5.74, 6) is 0.943. The molecular formula is C22H21ClF3N5O2S. The predicted octanol–water partition coefficient (Wildman–Crippen LogP) is 3.85. The van der Waals surface area contributed by atoms with Gasteiger partial charge in [0.1, 0.15) is 10.8 Å². The molecular weight excluding hydrogens is 491 g/mol. The zero-order valence-electron chi connectivity index (χ0n) is 18.1. The average molecular weight is 512 g/mol. The number of benzene rings is 1. The third kappa shape index (κ3) is 4.33. The number of carbonyl (C=O) groups excluding carboxylic acids is 1. The molecule has 0 fully saturated rings. The number of nitrogens with one attached hydrogen (secondary N) is 2. The van der Waals surface area contributed by atoms with Gasteiger partial charge >= 0.3 is 6.36 Å². The van der Waals surface area contributed by atoms with Crippen molar-refractivity contribution in [3.05, 3.63) is 62.5 Å². The molecule has 1 aromatic carbocycles. The van der Waals surface area contributed by atoms with Crippen molar-refractivity contribution in [3.8, 4) is 5.00 Å². The van der Waals surface area contributed by atoms with E-state index in [1.165, 1.54) is 0 Å². The quantitative estimate of drug-likeness (QED) is 0.509. The van der Waals surface area contributed by atoms with Crippen molar-refractivity contribution >= 4 is 28.8 Å². The van der Waals surface area contributed by atoms with Crippen molar-refractivity contribution in [2.45, 2.75) is 38.7 Å². The fraction of sp³-hybridized carbons (Fsp3) is 0.409. The predicted molar refractivity (Wildman–Crippen MR) is 120 cm³/mol. The zero-order chi connectivity index (χ0) is 24.0. The van der Waals surface area contributed by atoms with Gasteiger partial charge in [-0.05, 0) is 37.0 Å². The van der Waals surface area contributed by atoms with Crippen LogP contribution in [0.1, 0.15) is 39.3 Å². The first-order valence-corrected chi connectivity index (χ1v) is 11.9. The van der Waals surface area contributed by atoms with Crippen molar-refractivity contribution in [2.75, 3.05) is 13.2 Å². The molecule has 1 aliphatic carbocycles. The largest absolute Gasteiger partial charge is 0.522 e. The van der Waals surface area contributed by atoms with Gasteiger partial charge in [-0.3, -0.25) is 19.4 Å². The van der Waals surface area contributed by atoms with Crippen molar-refractivity contribution in [1.29, 1.82) is 0 Å². The fourth-order valence-corrected chi connectivity index (χ4v) is 6.39. The number of amides is 1. The summed E-state index contributed by atoms with van der Waals surface area (Å²) in [5, 5.41) is 16.3. The summed E-state index contributed by atoms with van der Waals surface area (Å²) in [6, 6.07) is 7.44. The third-order valence-electron chi connectivity index (χ3n) is 6.10. The van der Waals surface area contributed by atoms with Crippen LogP contribution >= 0.6 is 22.9 Å². The van der Waals surface area contributed by atoms with Gasteiger partial charge in [-0.1, -0.05) is 29.8 Å². The van der Waals surface area contributed by atoms with Crippen molar-refractivity contribution < 1.29 is 22.7 Å². The average Bonchev–Trinajstić information content (AvgIpc) is 3.42. The Bertz CT molecular complexity index is 1240. The Morgan fingerprint density at radius 2 is 2.12 bits per heavy atom. The van der Waals surface area contributed by atoms with Crippen molar-refractivity contribution in [3.63, 3.8) is 0 Å². The van der Waals surface area contributed by atoms with Crippen LogP contribution in [-0.4, -0.2) is 40.2 Å². The van der Waals surface area contributed by atoms with E-state index in [1.807, 2.05) is 35.8 Å². The second kappa shape index (κ2) is 8.95. The molecule has 2 N–H and O–H groups in total. The lowest BCUT2D eigenvalue weighted by atomic mass is 9.95. The monoisotopic (exact) mass is 511 g/mol. The maximum absolute atomic E-state index is 12.7. The van der Waals surface area contributed by atoms with E-state index in [9.17, 15) is 18.0 Å². The van der Waals surface area contributed by atoms with Gasteiger partial charge in [0.25, 0.3) is 0 Å². The summed E-state index contributed by atoms with van der Waals surface area (Å²) < 4.78 is 42.3. The zero-order valence-corrected chi connectivity index (χ0v) is 19.7. The SMILES string of the molecule is Cc1nnc2n1-c1sc3c(c1[C@@H](c1ccccc1Cl)NC2)C[C@H](C(=O)NCCOC(F)(F)F)C3. The van der Waals surface area contributed by atoms with Gasteiger partial charge in [-0.15, -0.1) is 34.7 Å². The van der Waals surface area contributed by atoms with Crippen LogP contribution in [-0.2, 0) is 28.9 Å². The summed E-state index contributed by atoms with van der Waals surface area (Å²) in [6.07, 6.45) is -3.70. The molecule has 0 saturated heterocycles. The molecule has 12 heteroatoms. The van der Waals surface area contributed by atoms with E-state index in [-0.39, 0.29) is 24.4 Å². The highest BCUT2D eigenvalue weighted by atomic mass is 35.5. The molecule has 0 saturated carbocycles. The Morgan fingerprint density at radius 3 is 2.88 bits per heavy atom. The number of hydrogen-bond acceptors (Lipinski definition) is 6. The molecule has 7 nitrogen and oxygen atoms in total. The topological polar surface area (TPSA) is 81.1 Å². The minimum Gasteiger partial charge on any atom is -0.354 e. The number of thiophene rings is 1. The summed E-state index contributed by atoms with van der Waals surface area (Å²) in [5.41, 5.74) is 3.05. The van der Waals surface area contributed by atoms with E-state index in [4.69, 9.17) is 11.6 Å². The third-order valence-corrected chi connectivity index (χ3v) is 7.70. The molecule has 0 unspecified atom stereocenters. The maximum atomic E-state index is 12.7. The summed E-state index contributed by atoms with van der Waals surface area (Å²) in [4.78, 5) is 13.8. The van der Waals surface area contributed by atoms with Crippen molar-refractivity contribution in [1.82, 2.24) is 25.4 Å². The molecule has 5 rings (SSSR count). The van der Waals surface area contributed by atoms with Gasteiger partial charge in [-0.2, -0.15) is 0 Å². The number of rotatable bonds is 5. The number of fused-ring (bicyclic) bond motifs is 5. The van der Waals surface area contributed by atoms with Gasteiger partial charge in [0.2, 0.25) is 5.91 Å². The molecule has 2 atom stereocenters. The molecule has 0 radical (unpaired) electrons. The number of aryl methyl sites for hydroxylation is 1. The van der Waals surface area contributed by atoms with E-state index in [0.29, 0.717) is 24.4 Å². The lowest BCUT2D eigenvalue weighted by molar-refractivity contribution is -0.323. The number of halogens is 4. The van der Waals surface area contributed by atoms with Crippen molar-refractivity contribution in [2.24, 2.45) is 5.92 Å². The first-order chi connectivity index (χ1) is 16.2. The van der Waals surface area contributed by atoms with Gasteiger partial charge in [0.15, 0.2) is 5.82 Å². The van der Waals surface area contributed by atoms with Crippen LogP contribution in [0.5, 0.6) is 0 Å². The summed E-state index contributed by atoms with van der Waals surface area (Å²) in [6.45, 7) is 1.58. The van der Waals surface area contributed by atoms with Crippen LogP contribution in [0, 0.1) is 12.8 Å². The van der Waals surface area contributed by atoms with Gasteiger partial charge in [-0.25, -0.2) is 0 Å². The minimum atomic E-state index is -4.71. The summed E-state index contributed by atoms with van der Waals surface area (Å²) >= 11 is 8.17. The standard InChI is InChI=1S/C22H21ClF3N5O2S/c1-11-29-30-17-10-28-19(13-4-2-3-5-15(13)23)18-14-8-12(9-16(14)34-21(18)31(11)17)20(32)27-6-7-33-22(24,25)26/h2-5,12,19,28H,6-10H2,1H3,(H,27,32)/t12-,19+/m0/s1. The molecule has 2 aromatic heterocycles. The van der Waals surface area contributed by atoms with E-state index >= 15 is 0 Å². The first-order valence-electron chi connectivity index (χ1n) is 10.7. The van der Waals surface area contributed by atoms with E-state index < -0.39 is 13.0 Å². The Labute approximate surface area is 202 Å². The Hall–Kier alpha value is -2.47. The highest BCUT2D eigenvalue weighted by Crippen LogP contribution is 2.46. The highest BCUT2D eigenvalue weighted by molar-refractivity contribution is 7.15. The second-order valence-corrected chi connectivity index (χ2v) is 9.74. The van der Waals surface area contributed by atoms with Gasteiger partial charge < -0.3 is 5.32 Å². The smallest absolute Gasteiger partial charge is 0.354 e. The maximum Gasteiger partial charge on any atom is 0.522 e. The molecule has 1 aliphatic heterocycles. The Kier molecular flexibility index (Phi) is 6.13. The molecule has 0 bridgehead atoms. The number of nitrogens with zero attached hydrogens (tertiary/aromatic N) is 3. The number of alkyl halides is 3. The lowest BCUT2D eigenvalue weighted by Crippen LogP contribution is -2.34. The molecule has 3 aromatic rings. The number of ether oxygens (including phenoxy) is 1. The molecule has 0 spiro atoms. The normalized spacial score (nSPS) is 19.3. The van der Waals surface area contributed by atoms with Crippen LogP contribution < -0.4 is 10.6 Å². The number of hydrogen-bond donors (Lipinski definition) is 2.